The summed E-state index contributed by atoms with van der Waals surface area (Å²) in [6.07, 6.45) is 3.61. The molecule has 1 aromatic carbocycles. The van der Waals surface area contributed by atoms with E-state index in [0.29, 0.717) is 6.61 Å². The maximum absolute atomic E-state index is 11.9. The molecule has 0 aliphatic heterocycles. The molecule has 0 spiro atoms. The van der Waals surface area contributed by atoms with Gasteiger partial charge in [0.1, 0.15) is 6.61 Å². The van der Waals surface area contributed by atoms with Gasteiger partial charge in [0, 0.05) is 18.9 Å². The Bertz CT molecular complexity index is 489. The van der Waals surface area contributed by atoms with Crippen LogP contribution in [0.5, 0.6) is 0 Å². The SMILES string of the molecule is CC(=O)OC[C@H]1CCCC[C@@H]1NC(=O)OCc1ccccc1. The fourth-order valence-corrected chi connectivity index (χ4v) is 2.74. The summed E-state index contributed by atoms with van der Waals surface area (Å²) in [6.45, 7) is 2.02. The highest BCUT2D eigenvalue weighted by molar-refractivity contribution is 5.67. The maximum atomic E-state index is 11.9. The number of amides is 1. The van der Waals surface area contributed by atoms with Crippen LogP contribution in [0, 0.1) is 5.92 Å². The maximum Gasteiger partial charge on any atom is 0.407 e. The lowest BCUT2D eigenvalue weighted by Gasteiger charge is -2.31. The van der Waals surface area contributed by atoms with Crippen molar-refractivity contribution < 1.29 is 19.1 Å². The number of ether oxygens (including phenoxy) is 2. The van der Waals surface area contributed by atoms with E-state index in [1.54, 1.807) is 0 Å². The first-order chi connectivity index (χ1) is 10.6. The summed E-state index contributed by atoms with van der Waals surface area (Å²) in [7, 11) is 0. The van der Waals surface area contributed by atoms with Gasteiger partial charge in [0.15, 0.2) is 0 Å². The zero-order valence-electron chi connectivity index (χ0n) is 12.9. The molecule has 1 saturated carbocycles. The minimum Gasteiger partial charge on any atom is -0.465 e. The highest BCUT2D eigenvalue weighted by Gasteiger charge is 2.27. The highest BCUT2D eigenvalue weighted by atomic mass is 16.5. The van der Waals surface area contributed by atoms with Crippen molar-refractivity contribution in [3.63, 3.8) is 0 Å². The third kappa shape index (κ3) is 5.39. The Labute approximate surface area is 131 Å². The largest absolute Gasteiger partial charge is 0.465 e. The Balaban J connectivity index is 1.79. The van der Waals surface area contributed by atoms with E-state index in [4.69, 9.17) is 9.47 Å². The van der Waals surface area contributed by atoms with Gasteiger partial charge in [0.05, 0.1) is 6.61 Å². The van der Waals surface area contributed by atoms with Gasteiger partial charge in [-0.2, -0.15) is 0 Å². The number of benzene rings is 1. The molecule has 22 heavy (non-hydrogen) atoms. The van der Waals surface area contributed by atoms with E-state index >= 15 is 0 Å². The number of hydrogen-bond donors (Lipinski definition) is 1. The van der Waals surface area contributed by atoms with E-state index in [0.717, 1.165) is 31.2 Å². The number of rotatable bonds is 5. The Morgan fingerprint density at radius 2 is 1.86 bits per heavy atom. The van der Waals surface area contributed by atoms with E-state index in [9.17, 15) is 9.59 Å². The minimum absolute atomic E-state index is 0.0105. The average molecular weight is 305 g/mol. The highest BCUT2D eigenvalue weighted by Crippen LogP contribution is 2.25. The van der Waals surface area contributed by atoms with Gasteiger partial charge in [-0.05, 0) is 18.4 Å². The van der Waals surface area contributed by atoms with E-state index in [1.807, 2.05) is 30.3 Å². The first-order valence-corrected chi connectivity index (χ1v) is 7.75. The van der Waals surface area contributed by atoms with Crippen LogP contribution in [0.1, 0.15) is 38.2 Å². The molecule has 0 aromatic heterocycles. The summed E-state index contributed by atoms with van der Waals surface area (Å²) < 4.78 is 10.3. The number of esters is 1. The monoisotopic (exact) mass is 305 g/mol. The smallest absolute Gasteiger partial charge is 0.407 e. The van der Waals surface area contributed by atoms with Gasteiger partial charge in [0.2, 0.25) is 0 Å². The number of carbonyl (C=O) groups excluding carboxylic acids is 2. The molecule has 1 aliphatic rings. The molecule has 5 heteroatoms. The van der Waals surface area contributed by atoms with Gasteiger partial charge in [-0.1, -0.05) is 43.2 Å². The van der Waals surface area contributed by atoms with Crippen LogP contribution >= 0.6 is 0 Å². The summed E-state index contributed by atoms with van der Waals surface area (Å²) in [5.74, 6) is -0.113. The predicted molar refractivity (Wildman–Crippen MR) is 82.1 cm³/mol. The lowest BCUT2D eigenvalue weighted by atomic mass is 9.85. The summed E-state index contributed by atoms with van der Waals surface area (Å²) in [4.78, 5) is 22.9. The minimum atomic E-state index is -0.413. The summed E-state index contributed by atoms with van der Waals surface area (Å²) in [5, 5.41) is 2.91. The van der Waals surface area contributed by atoms with E-state index < -0.39 is 6.09 Å². The van der Waals surface area contributed by atoms with Gasteiger partial charge in [-0.25, -0.2) is 4.79 Å². The molecular weight excluding hydrogens is 282 g/mol. The van der Waals surface area contributed by atoms with E-state index in [-0.39, 0.29) is 24.5 Å². The number of hydrogen-bond acceptors (Lipinski definition) is 4. The Morgan fingerprint density at radius 3 is 2.59 bits per heavy atom. The molecule has 5 nitrogen and oxygen atoms in total. The average Bonchev–Trinajstić information content (AvgIpc) is 2.53. The number of alkyl carbamates (subject to hydrolysis) is 1. The number of carbonyl (C=O) groups is 2. The lowest BCUT2D eigenvalue weighted by molar-refractivity contribution is -0.142. The molecule has 0 heterocycles. The van der Waals surface area contributed by atoms with Gasteiger partial charge in [-0.3, -0.25) is 4.79 Å². The second-order valence-electron chi connectivity index (χ2n) is 5.66. The summed E-state index contributed by atoms with van der Waals surface area (Å²) >= 11 is 0. The summed E-state index contributed by atoms with van der Waals surface area (Å²) in [6, 6.07) is 9.58. The van der Waals surface area contributed by atoms with Crippen molar-refractivity contribution in [2.24, 2.45) is 5.92 Å². The van der Waals surface area contributed by atoms with Crippen molar-refractivity contribution in [3.05, 3.63) is 35.9 Å². The van der Waals surface area contributed by atoms with Crippen LogP contribution in [0.25, 0.3) is 0 Å². The summed E-state index contributed by atoms with van der Waals surface area (Å²) in [5.41, 5.74) is 0.956. The van der Waals surface area contributed by atoms with Crippen molar-refractivity contribution in [2.45, 2.75) is 45.3 Å². The van der Waals surface area contributed by atoms with E-state index in [2.05, 4.69) is 5.32 Å². The van der Waals surface area contributed by atoms with Crippen LogP contribution in [0.2, 0.25) is 0 Å². The molecule has 2 rings (SSSR count). The standard InChI is InChI=1S/C17H23NO4/c1-13(19)21-12-15-9-5-6-10-16(15)18-17(20)22-11-14-7-3-2-4-8-14/h2-4,7-8,15-16H,5-6,9-12H2,1H3,(H,18,20)/t15-,16+/m1/s1. The topological polar surface area (TPSA) is 64.6 Å². The van der Waals surface area contributed by atoms with Crippen molar-refractivity contribution in [1.82, 2.24) is 5.32 Å². The van der Waals surface area contributed by atoms with Gasteiger partial charge in [-0.15, -0.1) is 0 Å². The molecule has 1 N–H and O–H groups in total. The second-order valence-corrected chi connectivity index (χ2v) is 5.66. The van der Waals surface area contributed by atoms with Crippen molar-refractivity contribution >= 4 is 12.1 Å². The molecular formula is C17H23NO4. The van der Waals surface area contributed by atoms with Crippen LogP contribution in [-0.4, -0.2) is 24.7 Å². The van der Waals surface area contributed by atoms with Crippen LogP contribution in [0.4, 0.5) is 4.79 Å². The first kappa shape index (κ1) is 16.3. The molecule has 0 radical (unpaired) electrons. The third-order valence-corrected chi connectivity index (χ3v) is 3.93. The molecule has 0 unspecified atom stereocenters. The van der Waals surface area contributed by atoms with Crippen LogP contribution in [0.15, 0.2) is 30.3 Å². The second kappa shape index (κ2) is 8.41. The molecule has 0 saturated heterocycles. The van der Waals surface area contributed by atoms with Crippen molar-refractivity contribution in [1.29, 1.82) is 0 Å². The van der Waals surface area contributed by atoms with Crippen LogP contribution in [-0.2, 0) is 20.9 Å². The molecule has 1 aromatic rings. The molecule has 2 atom stereocenters. The lowest BCUT2D eigenvalue weighted by Crippen LogP contribution is -2.44. The normalized spacial score (nSPS) is 21.0. The van der Waals surface area contributed by atoms with Gasteiger partial charge >= 0.3 is 12.1 Å². The molecule has 1 aliphatic carbocycles. The fraction of sp³-hybridized carbons (Fsp3) is 0.529. The quantitative estimate of drug-likeness (QED) is 0.849. The Kier molecular flexibility index (Phi) is 6.25. The Hall–Kier alpha value is -2.04. The molecule has 0 bridgehead atoms. The Morgan fingerprint density at radius 1 is 1.14 bits per heavy atom. The molecule has 120 valence electrons. The van der Waals surface area contributed by atoms with Crippen LogP contribution < -0.4 is 5.32 Å². The molecule has 1 fully saturated rings. The molecule has 1 amide bonds. The van der Waals surface area contributed by atoms with Gasteiger partial charge in [0.25, 0.3) is 0 Å². The fourth-order valence-electron chi connectivity index (χ4n) is 2.74. The van der Waals surface area contributed by atoms with Crippen LogP contribution in [0.3, 0.4) is 0 Å². The zero-order chi connectivity index (χ0) is 15.8. The predicted octanol–water partition coefficient (Wildman–Crippen LogP) is 3.03. The first-order valence-electron chi connectivity index (χ1n) is 7.75. The van der Waals surface area contributed by atoms with Gasteiger partial charge < -0.3 is 14.8 Å². The van der Waals surface area contributed by atoms with E-state index in [1.165, 1.54) is 6.92 Å². The zero-order valence-corrected chi connectivity index (χ0v) is 12.9. The van der Waals surface area contributed by atoms with Crippen molar-refractivity contribution in [2.75, 3.05) is 6.61 Å². The van der Waals surface area contributed by atoms with Crippen molar-refractivity contribution in [3.8, 4) is 0 Å². The number of nitrogens with one attached hydrogen (secondary N) is 1. The third-order valence-electron chi connectivity index (χ3n) is 3.93.